The maximum absolute atomic E-state index is 2.95. The summed E-state index contributed by atoms with van der Waals surface area (Å²) in [6, 6.07) is 0. The lowest BCUT2D eigenvalue weighted by Gasteiger charge is -1.62. The molecule has 0 aliphatic carbocycles. The number of rotatable bonds is 1. The zero-order valence-corrected chi connectivity index (χ0v) is 6.36. The van der Waals surface area contributed by atoms with Crippen LogP contribution in [0.2, 0.25) is 0 Å². The van der Waals surface area contributed by atoms with Crippen LogP contribution in [0.1, 0.15) is 34.1 Å². The van der Waals surface area contributed by atoms with Crippen LogP contribution in [-0.2, 0) is 0 Å². The molecule has 0 saturated carbocycles. The van der Waals surface area contributed by atoms with Crippen molar-refractivity contribution in [2.45, 2.75) is 34.1 Å². The monoisotopic (exact) mass is 112 g/mol. The van der Waals surface area contributed by atoms with Crippen LogP contribution >= 0.6 is 0 Å². The summed E-state index contributed by atoms with van der Waals surface area (Å²) in [6.07, 6.45) is 4.99. The molecule has 0 N–H and O–H groups in total. The molecule has 0 amide bonds. The zero-order chi connectivity index (χ0) is 6.83. The summed E-state index contributed by atoms with van der Waals surface area (Å²) in [5, 5.41) is 0. The molecule has 0 aromatic carbocycles. The van der Waals surface area contributed by atoms with Gasteiger partial charge in [-0.15, -0.1) is 5.73 Å². The van der Waals surface area contributed by atoms with E-state index in [9.17, 15) is 0 Å². The molecule has 0 radical (unpaired) electrons. The molecular weight excluding hydrogens is 96.1 g/mol. The van der Waals surface area contributed by atoms with E-state index in [0.29, 0.717) is 0 Å². The Labute approximate surface area is 52.9 Å². The Morgan fingerprint density at radius 2 is 1.88 bits per heavy atom. The summed E-state index contributed by atoms with van der Waals surface area (Å²) in [4.78, 5) is 0. The quantitative estimate of drug-likeness (QED) is 0.457. The summed E-state index contributed by atoms with van der Waals surface area (Å²) in [7, 11) is 0. The minimum Gasteiger partial charge on any atom is -0.130 e. The summed E-state index contributed by atoms with van der Waals surface area (Å²) in [5.41, 5.74) is 2.95. The molecule has 0 aliphatic heterocycles. The first-order valence-electron chi connectivity index (χ1n) is 3.27. The van der Waals surface area contributed by atoms with Crippen LogP contribution in [0.4, 0.5) is 0 Å². The Morgan fingerprint density at radius 3 is 2.00 bits per heavy atom. The van der Waals surface area contributed by atoms with Gasteiger partial charge in [-0.3, -0.25) is 0 Å². The van der Waals surface area contributed by atoms with Crippen LogP contribution in [0.3, 0.4) is 0 Å². The van der Waals surface area contributed by atoms with E-state index in [4.69, 9.17) is 0 Å². The SMILES string of the molecule is CC.CC=C=CCC. The first-order chi connectivity index (χ1) is 3.91. The highest BCUT2D eigenvalue weighted by Crippen LogP contribution is 1.72. The van der Waals surface area contributed by atoms with Gasteiger partial charge in [-0.1, -0.05) is 20.8 Å². The molecule has 48 valence electrons. The molecule has 0 atom stereocenters. The van der Waals surface area contributed by atoms with Crippen molar-refractivity contribution in [3.05, 3.63) is 17.9 Å². The van der Waals surface area contributed by atoms with Crippen molar-refractivity contribution in [1.29, 1.82) is 0 Å². The Hall–Kier alpha value is -0.480. The molecule has 0 fully saturated rings. The second kappa shape index (κ2) is 16.0. The van der Waals surface area contributed by atoms with Crippen LogP contribution in [-0.4, -0.2) is 0 Å². The van der Waals surface area contributed by atoms with Crippen LogP contribution in [0, 0.1) is 0 Å². The van der Waals surface area contributed by atoms with Gasteiger partial charge in [-0.25, -0.2) is 0 Å². The van der Waals surface area contributed by atoms with E-state index in [2.05, 4.69) is 12.7 Å². The van der Waals surface area contributed by atoms with Gasteiger partial charge in [0.2, 0.25) is 0 Å². The molecule has 0 heterocycles. The average Bonchev–Trinajstić information content (AvgIpc) is 1.88. The molecule has 0 aromatic heterocycles. The fraction of sp³-hybridized carbons (Fsp3) is 0.625. The Morgan fingerprint density at radius 1 is 1.38 bits per heavy atom. The Balaban J connectivity index is 0. The minimum absolute atomic E-state index is 1.09. The van der Waals surface area contributed by atoms with Gasteiger partial charge >= 0.3 is 0 Å². The van der Waals surface area contributed by atoms with Crippen molar-refractivity contribution in [3.63, 3.8) is 0 Å². The third kappa shape index (κ3) is 17.8. The van der Waals surface area contributed by atoms with Crippen molar-refractivity contribution in [1.82, 2.24) is 0 Å². The maximum Gasteiger partial charge on any atom is -0.0303 e. The van der Waals surface area contributed by atoms with Gasteiger partial charge in [0, 0.05) is 0 Å². The van der Waals surface area contributed by atoms with Gasteiger partial charge in [0.25, 0.3) is 0 Å². The third-order valence-corrected chi connectivity index (χ3v) is 0.489. The summed E-state index contributed by atoms with van der Waals surface area (Å²) < 4.78 is 0. The van der Waals surface area contributed by atoms with Gasteiger partial charge < -0.3 is 0 Å². The van der Waals surface area contributed by atoms with Gasteiger partial charge in [0.1, 0.15) is 0 Å². The number of hydrogen-bond acceptors (Lipinski definition) is 0. The van der Waals surface area contributed by atoms with Crippen LogP contribution in [0.15, 0.2) is 17.9 Å². The van der Waals surface area contributed by atoms with Gasteiger partial charge in [-0.2, -0.15) is 0 Å². The highest BCUT2D eigenvalue weighted by atomic mass is 13.6. The molecule has 0 aromatic rings. The largest absolute Gasteiger partial charge is 0.130 e. The zero-order valence-electron chi connectivity index (χ0n) is 6.36. The van der Waals surface area contributed by atoms with E-state index in [0.717, 1.165) is 6.42 Å². The van der Waals surface area contributed by atoms with Crippen molar-refractivity contribution >= 4 is 0 Å². The molecule has 0 rings (SSSR count). The molecule has 0 spiro atoms. The van der Waals surface area contributed by atoms with E-state index in [1.165, 1.54) is 0 Å². The fourth-order valence-electron chi connectivity index (χ4n) is 0.236. The third-order valence-electron chi connectivity index (χ3n) is 0.489. The summed E-state index contributed by atoms with van der Waals surface area (Å²) in [6.45, 7) is 8.06. The van der Waals surface area contributed by atoms with Crippen LogP contribution in [0.5, 0.6) is 0 Å². The predicted octanol–water partition coefficient (Wildman–Crippen LogP) is 3.15. The summed E-state index contributed by atoms with van der Waals surface area (Å²) in [5.74, 6) is 0. The van der Waals surface area contributed by atoms with E-state index in [1.807, 2.05) is 32.9 Å². The lowest BCUT2D eigenvalue weighted by molar-refractivity contribution is 1.23. The minimum atomic E-state index is 1.09. The van der Waals surface area contributed by atoms with Crippen LogP contribution < -0.4 is 0 Å². The lowest BCUT2D eigenvalue weighted by Crippen LogP contribution is -1.42. The van der Waals surface area contributed by atoms with Gasteiger partial charge in [-0.05, 0) is 25.5 Å². The molecule has 0 unspecified atom stereocenters. The van der Waals surface area contributed by atoms with Crippen molar-refractivity contribution in [2.75, 3.05) is 0 Å². The Kier molecular flexibility index (Phi) is 21.0. The molecule has 0 bridgehead atoms. The topological polar surface area (TPSA) is 0 Å². The number of hydrogen-bond donors (Lipinski definition) is 0. The molecule has 8 heavy (non-hydrogen) atoms. The van der Waals surface area contributed by atoms with E-state index in [-0.39, 0.29) is 0 Å². The highest BCUT2D eigenvalue weighted by Gasteiger charge is 1.52. The van der Waals surface area contributed by atoms with E-state index in [1.54, 1.807) is 0 Å². The molecule has 0 heteroatoms. The van der Waals surface area contributed by atoms with Gasteiger partial charge in [0.05, 0.1) is 0 Å². The second-order valence-corrected chi connectivity index (χ2v) is 1.07. The van der Waals surface area contributed by atoms with Gasteiger partial charge in [0.15, 0.2) is 0 Å². The first kappa shape index (κ1) is 10.5. The molecule has 0 saturated heterocycles. The standard InChI is InChI=1S/C6H10.C2H6/c1-3-5-6-4-2;1-2/h3,6H,4H2,1-2H3;1-2H3. The predicted molar refractivity (Wildman–Crippen MR) is 40.0 cm³/mol. The van der Waals surface area contributed by atoms with Crippen molar-refractivity contribution < 1.29 is 0 Å². The summed E-state index contributed by atoms with van der Waals surface area (Å²) >= 11 is 0. The van der Waals surface area contributed by atoms with Crippen molar-refractivity contribution in [3.8, 4) is 0 Å². The Bertz CT molecular complexity index is 64.1. The smallest absolute Gasteiger partial charge is 0.0303 e. The highest BCUT2D eigenvalue weighted by molar-refractivity contribution is 4.79. The maximum atomic E-state index is 2.95. The molecule has 0 aliphatic rings. The normalized spacial score (nSPS) is 5.50. The van der Waals surface area contributed by atoms with E-state index >= 15 is 0 Å². The van der Waals surface area contributed by atoms with E-state index < -0.39 is 0 Å². The van der Waals surface area contributed by atoms with Crippen LogP contribution in [0.25, 0.3) is 0 Å². The number of allylic oxidation sites excluding steroid dienone is 1. The fourth-order valence-corrected chi connectivity index (χ4v) is 0.236. The average molecular weight is 112 g/mol. The first-order valence-corrected chi connectivity index (χ1v) is 3.27. The second-order valence-electron chi connectivity index (χ2n) is 1.07. The lowest BCUT2D eigenvalue weighted by atomic mass is 10.4. The molecular formula is C8H16. The molecule has 0 nitrogen and oxygen atoms in total. The van der Waals surface area contributed by atoms with Crippen molar-refractivity contribution in [2.24, 2.45) is 0 Å².